The second-order valence-corrected chi connectivity index (χ2v) is 5.30. The number of anilines is 1. The predicted molar refractivity (Wildman–Crippen MR) is 75.8 cm³/mol. The number of hydrogen-bond acceptors (Lipinski definition) is 4. The van der Waals surface area contributed by atoms with Crippen LogP contribution in [-0.4, -0.2) is 12.1 Å². The normalized spacial score (nSPS) is 10.4. The third-order valence-corrected chi connectivity index (χ3v) is 3.91. The van der Waals surface area contributed by atoms with E-state index in [0.717, 1.165) is 10.6 Å². The fourth-order valence-electron chi connectivity index (χ4n) is 1.29. The lowest BCUT2D eigenvalue weighted by Gasteiger charge is -2.06. The van der Waals surface area contributed by atoms with Gasteiger partial charge in [-0.2, -0.15) is 0 Å². The van der Waals surface area contributed by atoms with E-state index in [9.17, 15) is 0 Å². The number of pyridine rings is 1. The Morgan fingerprint density at radius 1 is 1.17 bits per heavy atom. The number of nitrogens with zero attached hydrogens (tertiary/aromatic N) is 1. The lowest BCUT2D eigenvalue weighted by atomic mass is 10.3. The summed E-state index contributed by atoms with van der Waals surface area (Å²) in [6.45, 7) is 0. The number of hydrogen-bond donors (Lipinski definition) is 1. The summed E-state index contributed by atoms with van der Waals surface area (Å²) < 4.78 is 5.09. The van der Waals surface area contributed by atoms with Gasteiger partial charge in [-0.1, -0.05) is 35.0 Å². The topological polar surface area (TPSA) is 48.1 Å². The van der Waals surface area contributed by atoms with E-state index in [0.29, 0.717) is 15.1 Å². The van der Waals surface area contributed by atoms with E-state index in [-0.39, 0.29) is 5.82 Å². The van der Waals surface area contributed by atoms with Gasteiger partial charge in [-0.05, 0) is 30.3 Å². The van der Waals surface area contributed by atoms with Gasteiger partial charge in [0, 0.05) is 4.90 Å². The molecule has 18 heavy (non-hydrogen) atoms. The Kier molecular flexibility index (Phi) is 4.22. The van der Waals surface area contributed by atoms with Gasteiger partial charge >= 0.3 is 0 Å². The van der Waals surface area contributed by atoms with E-state index >= 15 is 0 Å². The smallest absolute Gasteiger partial charge is 0.143 e. The Morgan fingerprint density at radius 2 is 1.83 bits per heavy atom. The van der Waals surface area contributed by atoms with Crippen molar-refractivity contribution in [2.45, 2.75) is 9.92 Å². The number of ether oxygens (including phenoxy) is 1. The molecule has 0 amide bonds. The molecular formula is C12H10Cl2N2OS. The van der Waals surface area contributed by atoms with Crippen molar-refractivity contribution < 1.29 is 4.74 Å². The maximum absolute atomic E-state index is 6.06. The molecule has 0 aliphatic rings. The van der Waals surface area contributed by atoms with E-state index in [1.165, 1.54) is 11.8 Å². The van der Waals surface area contributed by atoms with Crippen molar-refractivity contribution in [3.05, 3.63) is 40.4 Å². The fourth-order valence-corrected chi connectivity index (χ4v) is 2.56. The zero-order valence-electron chi connectivity index (χ0n) is 9.48. The molecule has 2 rings (SSSR count). The lowest BCUT2D eigenvalue weighted by Crippen LogP contribution is -1.93. The fraction of sp³-hybridized carbons (Fsp3) is 0.0833. The number of nitrogens with two attached hydrogens (primary N) is 1. The van der Waals surface area contributed by atoms with Crippen molar-refractivity contribution in [3.63, 3.8) is 0 Å². The van der Waals surface area contributed by atoms with Crippen molar-refractivity contribution in [2.75, 3.05) is 12.8 Å². The average molecular weight is 301 g/mol. The molecule has 94 valence electrons. The molecule has 1 aromatic carbocycles. The minimum Gasteiger partial charge on any atom is -0.497 e. The third kappa shape index (κ3) is 3.02. The number of rotatable bonds is 3. The van der Waals surface area contributed by atoms with Crippen LogP contribution in [0.3, 0.4) is 0 Å². The summed E-state index contributed by atoms with van der Waals surface area (Å²) in [7, 11) is 1.63. The molecule has 1 heterocycles. The Labute approximate surface area is 119 Å². The molecule has 0 bridgehead atoms. The first-order valence-electron chi connectivity index (χ1n) is 5.03. The van der Waals surface area contributed by atoms with Gasteiger partial charge in [-0.15, -0.1) is 0 Å². The first-order chi connectivity index (χ1) is 8.60. The lowest BCUT2D eigenvalue weighted by molar-refractivity contribution is 0.414. The molecule has 0 atom stereocenters. The number of halogens is 2. The zero-order chi connectivity index (χ0) is 13.1. The highest BCUT2D eigenvalue weighted by atomic mass is 35.5. The SMILES string of the molecule is COc1ccc(Sc2nc(N)c(Cl)cc2Cl)cc1. The van der Waals surface area contributed by atoms with Crippen molar-refractivity contribution in [1.82, 2.24) is 4.98 Å². The Hall–Kier alpha value is -1.10. The summed E-state index contributed by atoms with van der Waals surface area (Å²) in [6, 6.07) is 9.18. The summed E-state index contributed by atoms with van der Waals surface area (Å²) in [6.07, 6.45) is 0. The van der Waals surface area contributed by atoms with Crippen LogP contribution in [0.15, 0.2) is 40.3 Å². The quantitative estimate of drug-likeness (QED) is 0.926. The van der Waals surface area contributed by atoms with E-state index in [1.807, 2.05) is 24.3 Å². The Balaban J connectivity index is 2.25. The largest absolute Gasteiger partial charge is 0.497 e. The molecule has 2 aromatic rings. The van der Waals surface area contributed by atoms with Gasteiger partial charge in [-0.25, -0.2) is 4.98 Å². The number of nitrogen functional groups attached to an aromatic ring is 1. The minimum atomic E-state index is 0.275. The monoisotopic (exact) mass is 300 g/mol. The Morgan fingerprint density at radius 3 is 2.44 bits per heavy atom. The second-order valence-electron chi connectivity index (χ2n) is 3.42. The maximum atomic E-state index is 6.06. The molecule has 3 nitrogen and oxygen atoms in total. The van der Waals surface area contributed by atoms with Crippen LogP contribution in [0.25, 0.3) is 0 Å². The first kappa shape index (κ1) is 13.3. The van der Waals surface area contributed by atoms with E-state index < -0.39 is 0 Å². The predicted octanol–water partition coefficient (Wildman–Crippen LogP) is 4.13. The van der Waals surface area contributed by atoms with Crippen LogP contribution < -0.4 is 10.5 Å². The molecule has 2 N–H and O–H groups in total. The summed E-state index contributed by atoms with van der Waals surface area (Å²) >= 11 is 13.3. The van der Waals surface area contributed by atoms with E-state index in [1.54, 1.807) is 13.2 Å². The molecule has 0 saturated carbocycles. The van der Waals surface area contributed by atoms with Gasteiger partial charge < -0.3 is 10.5 Å². The highest BCUT2D eigenvalue weighted by molar-refractivity contribution is 7.99. The van der Waals surface area contributed by atoms with E-state index in [2.05, 4.69) is 4.98 Å². The van der Waals surface area contributed by atoms with Crippen molar-refractivity contribution in [2.24, 2.45) is 0 Å². The van der Waals surface area contributed by atoms with Gasteiger partial charge in [0.1, 0.15) is 16.6 Å². The van der Waals surface area contributed by atoms with Crippen LogP contribution in [0.1, 0.15) is 0 Å². The van der Waals surface area contributed by atoms with Gasteiger partial charge in [0.2, 0.25) is 0 Å². The molecule has 6 heteroatoms. The van der Waals surface area contributed by atoms with Crippen molar-refractivity contribution >= 4 is 40.8 Å². The summed E-state index contributed by atoms with van der Waals surface area (Å²) in [5, 5.41) is 1.47. The van der Waals surface area contributed by atoms with Crippen LogP contribution in [0.2, 0.25) is 10.0 Å². The van der Waals surface area contributed by atoms with Gasteiger partial charge in [-0.3, -0.25) is 0 Å². The number of aromatic nitrogens is 1. The van der Waals surface area contributed by atoms with Crippen LogP contribution in [0.4, 0.5) is 5.82 Å². The molecule has 1 aromatic heterocycles. The number of benzene rings is 1. The first-order valence-corrected chi connectivity index (χ1v) is 6.61. The highest BCUT2D eigenvalue weighted by Gasteiger charge is 2.08. The third-order valence-electron chi connectivity index (χ3n) is 2.20. The van der Waals surface area contributed by atoms with Crippen LogP contribution in [-0.2, 0) is 0 Å². The molecule has 0 radical (unpaired) electrons. The standard InChI is InChI=1S/C12H10Cl2N2OS/c1-17-7-2-4-8(5-3-7)18-12-10(14)6-9(13)11(15)16-12/h2-6H,1H3,(H2,15,16). The molecule has 0 fully saturated rings. The second kappa shape index (κ2) is 5.69. The number of methoxy groups -OCH3 is 1. The molecule has 0 aliphatic heterocycles. The van der Waals surface area contributed by atoms with Gasteiger partial charge in [0.15, 0.2) is 0 Å². The Bertz CT molecular complexity index is 561. The summed E-state index contributed by atoms with van der Waals surface area (Å²) in [4.78, 5) is 5.15. The van der Waals surface area contributed by atoms with E-state index in [4.69, 9.17) is 33.7 Å². The molecular weight excluding hydrogens is 291 g/mol. The average Bonchev–Trinajstić information content (AvgIpc) is 2.37. The van der Waals surface area contributed by atoms with Crippen LogP contribution >= 0.6 is 35.0 Å². The summed E-state index contributed by atoms with van der Waals surface area (Å²) in [5.74, 6) is 1.08. The highest BCUT2D eigenvalue weighted by Crippen LogP contribution is 2.35. The van der Waals surface area contributed by atoms with Crippen molar-refractivity contribution in [1.29, 1.82) is 0 Å². The van der Waals surface area contributed by atoms with Crippen LogP contribution in [0, 0.1) is 0 Å². The molecule has 0 spiro atoms. The zero-order valence-corrected chi connectivity index (χ0v) is 11.8. The van der Waals surface area contributed by atoms with Crippen LogP contribution in [0.5, 0.6) is 5.75 Å². The van der Waals surface area contributed by atoms with Crippen molar-refractivity contribution in [3.8, 4) is 5.75 Å². The maximum Gasteiger partial charge on any atom is 0.143 e. The minimum absolute atomic E-state index is 0.275. The summed E-state index contributed by atoms with van der Waals surface area (Å²) in [5.41, 5.74) is 5.65. The molecule has 0 saturated heterocycles. The molecule has 0 aliphatic carbocycles. The van der Waals surface area contributed by atoms with Gasteiger partial charge in [0.25, 0.3) is 0 Å². The molecule has 0 unspecified atom stereocenters. The van der Waals surface area contributed by atoms with Gasteiger partial charge in [0.05, 0.1) is 17.2 Å².